The van der Waals surface area contributed by atoms with Gasteiger partial charge in [-0.15, -0.1) is 0 Å². The number of benzene rings is 2. The Morgan fingerprint density at radius 2 is 1.74 bits per heavy atom. The summed E-state index contributed by atoms with van der Waals surface area (Å²) < 4.78 is 7.20. The van der Waals surface area contributed by atoms with Crippen molar-refractivity contribution in [2.45, 2.75) is 13.8 Å². The molecule has 3 rings (SSSR count). The van der Waals surface area contributed by atoms with Crippen LogP contribution in [0.5, 0.6) is 5.75 Å². The van der Waals surface area contributed by atoms with E-state index in [1.54, 1.807) is 10.6 Å². The zero-order valence-corrected chi connectivity index (χ0v) is 13.3. The third kappa shape index (κ3) is 3.19. The fourth-order valence-corrected chi connectivity index (χ4v) is 2.63. The first kappa shape index (κ1) is 15.1. The van der Waals surface area contributed by atoms with E-state index in [0.717, 1.165) is 28.1 Å². The van der Waals surface area contributed by atoms with Crippen LogP contribution >= 0.6 is 0 Å². The molecule has 1 heterocycles. The lowest BCUT2D eigenvalue weighted by Gasteiger charge is -2.13. The molecule has 0 N–H and O–H groups in total. The summed E-state index contributed by atoms with van der Waals surface area (Å²) >= 11 is 0. The predicted molar refractivity (Wildman–Crippen MR) is 93.4 cm³/mol. The molecule has 0 bridgehead atoms. The van der Waals surface area contributed by atoms with Crippen LogP contribution < -0.4 is 10.3 Å². The second kappa shape index (κ2) is 6.53. The van der Waals surface area contributed by atoms with Crippen LogP contribution in [0, 0.1) is 6.92 Å². The van der Waals surface area contributed by atoms with E-state index in [0.29, 0.717) is 6.61 Å². The molecule has 0 atom stereocenters. The number of nitrogens with zero attached hydrogens (tertiary/aromatic N) is 1. The minimum absolute atomic E-state index is 0.0445. The largest absolute Gasteiger partial charge is 0.494 e. The van der Waals surface area contributed by atoms with Gasteiger partial charge in [0.2, 0.25) is 0 Å². The van der Waals surface area contributed by atoms with Gasteiger partial charge in [-0.05, 0) is 54.8 Å². The van der Waals surface area contributed by atoms with E-state index in [4.69, 9.17) is 4.74 Å². The summed E-state index contributed by atoms with van der Waals surface area (Å²) in [6.07, 6.45) is 1.89. The topological polar surface area (TPSA) is 31.2 Å². The second-order valence-electron chi connectivity index (χ2n) is 5.37. The lowest BCUT2D eigenvalue weighted by atomic mass is 10.1. The Kier molecular flexibility index (Phi) is 4.29. The highest BCUT2D eigenvalue weighted by Gasteiger charge is 2.07. The van der Waals surface area contributed by atoms with E-state index in [-0.39, 0.29) is 5.56 Å². The molecule has 0 saturated carbocycles. The Balaban J connectivity index is 2.08. The van der Waals surface area contributed by atoms with Gasteiger partial charge in [0.25, 0.3) is 5.56 Å². The first-order chi connectivity index (χ1) is 11.2. The Labute approximate surface area is 135 Å². The molecule has 0 unspecified atom stereocenters. The molecule has 0 fully saturated rings. The van der Waals surface area contributed by atoms with Crippen LogP contribution in [-0.2, 0) is 0 Å². The van der Waals surface area contributed by atoms with E-state index in [9.17, 15) is 4.79 Å². The minimum atomic E-state index is -0.0445. The van der Waals surface area contributed by atoms with Gasteiger partial charge < -0.3 is 4.74 Å². The van der Waals surface area contributed by atoms with Crippen molar-refractivity contribution in [3.63, 3.8) is 0 Å². The molecular weight excluding hydrogens is 286 g/mol. The molecule has 0 saturated heterocycles. The third-order valence-corrected chi connectivity index (χ3v) is 3.76. The van der Waals surface area contributed by atoms with Crippen molar-refractivity contribution < 1.29 is 4.74 Å². The van der Waals surface area contributed by atoms with Crippen molar-refractivity contribution >= 4 is 0 Å². The van der Waals surface area contributed by atoms with Crippen molar-refractivity contribution in [3.8, 4) is 22.6 Å². The Hall–Kier alpha value is -2.81. The monoisotopic (exact) mass is 305 g/mol. The van der Waals surface area contributed by atoms with Crippen LogP contribution in [0.15, 0.2) is 71.7 Å². The number of hydrogen-bond donors (Lipinski definition) is 0. The molecule has 0 aliphatic carbocycles. The van der Waals surface area contributed by atoms with Gasteiger partial charge in [0.1, 0.15) is 5.75 Å². The summed E-state index contributed by atoms with van der Waals surface area (Å²) in [6.45, 7) is 4.57. The molecule has 0 aliphatic heterocycles. The van der Waals surface area contributed by atoms with Crippen LogP contribution in [0.25, 0.3) is 16.8 Å². The predicted octanol–water partition coefficient (Wildman–Crippen LogP) is 4.21. The second-order valence-corrected chi connectivity index (χ2v) is 5.37. The zero-order chi connectivity index (χ0) is 16.2. The number of ether oxygens (including phenoxy) is 1. The lowest BCUT2D eigenvalue weighted by Crippen LogP contribution is -2.17. The Morgan fingerprint density at radius 1 is 0.957 bits per heavy atom. The molecule has 0 radical (unpaired) electrons. The zero-order valence-electron chi connectivity index (χ0n) is 13.3. The standard InChI is InChI=1S/C20H19NO2/c1-3-23-18-10-11-19(15(2)13-18)21-14-17(9-12-20(21)22)16-7-5-4-6-8-16/h4-14H,3H2,1-2H3. The average molecular weight is 305 g/mol. The molecular formula is C20H19NO2. The van der Waals surface area contributed by atoms with Gasteiger partial charge in [0.15, 0.2) is 0 Å². The number of pyridine rings is 1. The van der Waals surface area contributed by atoms with Gasteiger partial charge in [-0.1, -0.05) is 30.3 Å². The summed E-state index contributed by atoms with van der Waals surface area (Å²) in [5.74, 6) is 0.820. The van der Waals surface area contributed by atoms with Gasteiger partial charge in [-0.25, -0.2) is 0 Å². The molecule has 1 aromatic heterocycles. The number of rotatable bonds is 4. The van der Waals surface area contributed by atoms with Gasteiger partial charge in [-0.2, -0.15) is 0 Å². The fourth-order valence-electron chi connectivity index (χ4n) is 2.63. The van der Waals surface area contributed by atoms with Gasteiger partial charge in [-0.3, -0.25) is 9.36 Å². The van der Waals surface area contributed by atoms with Crippen molar-refractivity contribution in [1.82, 2.24) is 4.57 Å². The lowest BCUT2D eigenvalue weighted by molar-refractivity contribution is 0.340. The van der Waals surface area contributed by atoms with E-state index in [1.807, 2.05) is 74.6 Å². The smallest absolute Gasteiger partial charge is 0.255 e. The maximum atomic E-state index is 12.3. The number of aryl methyl sites for hydroxylation is 1. The summed E-state index contributed by atoms with van der Waals surface area (Å²) in [5.41, 5.74) is 3.93. The third-order valence-electron chi connectivity index (χ3n) is 3.76. The number of hydrogen-bond acceptors (Lipinski definition) is 2. The van der Waals surface area contributed by atoms with Crippen LogP contribution in [0.4, 0.5) is 0 Å². The molecule has 0 amide bonds. The molecule has 3 aromatic rings. The fraction of sp³-hybridized carbons (Fsp3) is 0.150. The van der Waals surface area contributed by atoms with Crippen LogP contribution in [0.3, 0.4) is 0 Å². The summed E-state index contributed by atoms with van der Waals surface area (Å²) in [7, 11) is 0. The van der Waals surface area contributed by atoms with Crippen LogP contribution in [-0.4, -0.2) is 11.2 Å². The van der Waals surface area contributed by atoms with Gasteiger partial charge >= 0.3 is 0 Å². The SMILES string of the molecule is CCOc1ccc(-n2cc(-c3ccccc3)ccc2=O)c(C)c1. The minimum Gasteiger partial charge on any atom is -0.494 e. The molecule has 2 aromatic carbocycles. The first-order valence-corrected chi connectivity index (χ1v) is 7.71. The normalized spacial score (nSPS) is 10.5. The highest BCUT2D eigenvalue weighted by Crippen LogP contribution is 2.22. The van der Waals surface area contributed by atoms with Crippen LogP contribution in [0.2, 0.25) is 0 Å². The highest BCUT2D eigenvalue weighted by molar-refractivity contribution is 5.63. The molecule has 3 nitrogen and oxygen atoms in total. The molecule has 0 aliphatic rings. The van der Waals surface area contributed by atoms with Crippen LogP contribution in [0.1, 0.15) is 12.5 Å². The summed E-state index contributed by atoms with van der Waals surface area (Å²) in [6, 6.07) is 19.3. The Bertz CT molecular complexity index is 866. The summed E-state index contributed by atoms with van der Waals surface area (Å²) in [5, 5.41) is 0. The maximum absolute atomic E-state index is 12.3. The Morgan fingerprint density at radius 3 is 2.43 bits per heavy atom. The highest BCUT2D eigenvalue weighted by atomic mass is 16.5. The first-order valence-electron chi connectivity index (χ1n) is 7.71. The molecule has 116 valence electrons. The quantitative estimate of drug-likeness (QED) is 0.723. The maximum Gasteiger partial charge on any atom is 0.255 e. The van der Waals surface area contributed by atoms with Crippen molar-refractivity contribution in [3.05, 3.63) is 82.8 Å². The summed E-state index contributed by atoms with van der Waals surface area (Å²) in [4.78, 5) is 12.3. The number of aromatic nitrogens is 1. The molecule has 0 spiro atoms. The van der Waals surface area contributed by atoms with Crippen molar-refractivity contribution in [2.24, 2.45) is 0 Å². The average Bonchev–Trinajstić information content (AvgIpc) is 2.57. The van der Waals surface area contributed by atoms with E-state index in [1.165, 1.54) is 0 Å². The van der Waals surface area contributed by atoms with Crippen molar-refractivity contribution in [1.29, 1.82) is 0 Å². The van der Waals surface area contributed by atoms with Crippen molar-refractivity contribution in [2.75, 3.05) is 6.61 Å². The van der Waals surface area contributed by atoms with E-state index < -0.39 is 0 Å². The van der Waals surface area contributed by atoms with Gasteiger partial charge in [0.05, 0.1) is 12.3 Å². The van der Waals surface area contributed by atoms with Gasteiger partial charge in [0, 0.05) is 12.3 Å². The molecule has 23 heavy (non-hydrogen) atoms. The van der Waals surface area contributed by atoms with E-state index in [2.05, 4.69) is 0 Å². The molecule has 3 heteroatoms. The van der Waals surface area contributed by atoms with E-state index >= 15 is 0 Å².